The first kappa shape index (κ1) is 63.7. The average Bonchev–Trinajstić information content (AvgIpc) is 3.31. The van der Waals surface area contributed by atoms with E-state index in [1.165, 1.54) is 0 Å². The fourth-order valence-corrected chi connectivity index (χ4v) is 6.40. The highest BCUT2D eigenvalue weighted by atomic mass is 31.2. The number of hydrogen-bond acceptors (Lipinski definition) is 13. The van der Waals surface area contributed by atoms with Gasteiger partial charge in [0.2, 0.25) is 0 Å². The van der Waals surface area contributed by atoms with Crippen LogP contribution in [0.25, 0.3) is 0 Å². The summed E-state index contributed by atoms with van der Waals surface area (Å²) >= 11 is 0. The van der Waals surface area contributed by atoms with Crippen LogP contribution < -0.4 is 0 Å². The van der Waals surface area contributed by atoms with Crippen LogP contribution in [0.3, 0.4) is 0 Å². The Morgan fingerprint density at radius 1 is 0.382 bits per heavy atom. The lowest BCUT2D eigenvalue weighted by atomic mass is 10.1. The Morgan fingerprint density at radius 3 is 0.912 bits per heavy atom. The number of esters is 2. The summed E-state index contributed by atoms with van der Waals surface area (Å²) in [4.78, 5) is 43.7. The van der Waals surface area contributed by atoms with E-state index >= 15 is 0 Å². The van der Waals surface area contributed by atoms with Gasteiger partial charge in [0.1, 0.15) is 31.5 Å². The summed E-state index contributed by atoms with van der Waals surface area (Å²) in [7, 11) is -9.63. The van der Waals surface area contributed by atoms with Gasteiger partial charge in [-0.05, 0) is 51.4 Å². The third-order valence-electron chi connectivity index (χ3n) is 8.34. The van der Waals surface area contributed by atoms with E-state index in [0.717, 1.165) is 51.4 Å². The molecular formula is C51H76O15P2. The topological polar surface area (TPSA) is 225 Å². The lowest BCUT2D eigenvalue weighted by molar-refractivity contribution is -0.148. The van der Waals surface area contributed by atoms with Crippen molar-refractivity contribution in [1.29, 1.82) is 0 Å². The Kier molecular flexibility index (Phi) is 42.2. The minimum atomic E-state index is -4.81. The van der Waals surface area contributed by atoms with Crippen molar-refractivity contribution in [3.8, 4) is 0 Å². The normalized spacial score (nSPS) is 16.4. The molecule has 68 heavy (non-hydrogen) atoms. The first-order chi connectivity index (χ1) is 32.8. The smallest absolute Gasteiger partial charge is 0.463 e. The Hall–Kier alpha value is -4.34. The predicted octanol–water partition coefficient (Wildman–Crippen LogP) is 10.4. The summed E-state index contributed by atoms with van der Waals surface area (Å²) in [5.41, 5.74) is 0. The van der Waals surface area contributed by atoms with Gasteiger partial charge in [-0.15, -0.1) is 0 Å². The number of carbonyl (C=O) groups is 2. The van der Waals surface area contributed by atoms with Crippen LogP contribution in [0.15, 0.2) is 158 Å². The molecule has 0 aliphatic carbocycles. The molecule has 0 radical (unpaired) electrons. The number of carbonyl (C=O) groups excluding carboxylic acids is 2. The van der Waals surface area contributed by atoms with E-state index in [4.69, 9.17) is 9.47 Å². The number of ether oxygens (including phenoxy) is 2. The Morgan fingerprint density at radius 2 is 0.632 bits per heavy atom. The zero-order valence-electron chi connectivity index (χ0n) is 39.7. The highest BCUT2D eigenvalue weighted by Crippen LogP contribution is 2.45. The molecule has 0 aromatic carbocycles. The summed E-state index contributed by atoms with van der Waals surface area (Å²) in [6.45, 7) is -0.0502. The summed E-state index contributed by atoms with van der Waals surface area (Å²) in [5.74, 6) is -1.10. The molecule has 0 spiro atoms. The van der Waals surface area contributed by atoms with E-state index in [1.807, 2.05) is 146 Å². The standard InChI is InChI=1S/C51H76O15P2/c1-3-5-7-9-11-13-15-17-19-21-22-24-26-28-30-32-34-36-38-40-51(56)62-42-48(53)44-64-68(59,60)66-46-49(54)45-65-67(57,58)63-43-47(52)41-61-50(55)39-37-35-33-31-29-27-25-23-20-18-16-14-12-10-8-6-4-2/h5-30,47-49,52-54H,3-4,31-46H2,1-2H3,(H,57,58)(H,59,60)/b7-5+,8-6-,11-9+,12-10+,15-13-,16-14+,19-17+,20-18-,22-21+,25-23+,26-24+,29-27+,30-28+. The molecule has 17 heteroatoms. The number of unbranched alkanes of at least 4 members (excludes halogenated alkanes) is 6. The van der Waals surface area contributed by atoms with Gasteiger partial charge in [-0.25, -0.2) is 9.13 Å². The van der Waals surface area contributed by atoms with Gasteiger partial charge in [0.25, 0.3) is 0 Å². The molecule has 0 aliphatic heterocycles. The fraction of sp³-hybridized carbons (Fsp3) is 0.451. The summed E-state index contributed by atoms with van der Waals surface area (Å²) in [5, 5.41) is 30.0. The number of rotatable bonds is 41. The second kappa shape index (κ2) is 45.1. The summed E-state index contributed by atoms with van der Waals surface area (Å²) in [6, 6.07) is 0. The largest absolute Gasteiger partial charge is 0.472 e. The fourth-order valence-electron chi connectivity index (χ4n) is 4.81. The second-order valence-electron chi connectivity index (χ2n) is 14.6. The van der Waals surface area contributed by atoms with Crippen LogP contribution in [0.1, 0.15) is 90.9 Å². The molecule has 5 unspecified atom stereocenters. The lowest BCUT2D eigenvalue weighted by Gasteiger charge is -2.19. The highest BCUT2D eigenvalue weighted by Gasteiger charge is 2.28. The zero-order chi connectivity index (χ0) is 50.2. The van der Waals surface area contributed by atoms with Gasteiger partial charge in [-0.1, -0.05) is 185 Å². The van der Waals surface area contributed by atoms with Gasteiger partial charge >= 0.3 is 27.6 Å². The monoisotopic (exact) mass is 990 g/mol. The molecule has 380 valence electrons. The SMILES string of the molecule is CC\C=C/C=C/C=C/C=C\C=C\C=C\CCCCCC(=O)OCC(O)COP(=O)(O)OCC(O)COP(=O)(O)OCC(O)COC(=O)CCCCC/C=C/C=C/C=C/C=C/C=C\C=C\C=C\CC. The maximum absolute atomic E-state index is 12.2. The first-order valence-corrected chi connectivity index (χ1v) is 26.0. The Labute approximate surface area is 404 Å². The number of allylic oxidation sites excluding steroid dienone is 26. The van der Waals surface area contributed by atoms with Gasteiger partial charge in [0.15, 0.2) is 0 Å². The van der Waals surface area contributed by atoms with Gasteiger partial charge in [0, 0.05) is 12.8 Å². The van der Waals surface area contributed by atoms with Crippen molar-refractivity contribution < 1.29 is 71.4 Å². The number of phosphoric acid groups is 2. The van der Waals surface area contributed by atoms with Gasteiger partial charge < -0.3 is 34.6 Å². The van der Waals surface area contributed by atoms with Crippen LogP contribution in [-0.2, 0) is 46.3 Å². The van der Waals surface area contributed by atoms with Crippen molar-refractivity contribution >= 4 is 27.6 Å². The maximum atomic E-state index is 12.2. The van der Waals surface area contributed by atoms with Crippen LogP contribution >= 0.6 is 15.6 Å². The molecular weight excluding hydrogens is 914 g/mol. The van der Waals surface area contributed by atoms with Crippen molar-refractivity contribution in [2.75, 3.05) is 39.6 Å². The van der Waals surface area contributed by atoms with Crippen LogP contribution in [0, 0.1) is 0 Å². The van der Waals surface area contributed by atoms with E-state index in [0.29, 0.717) is 12.8 Å². The van der Waals surface area contributed by atoms with E-state index < -0.39 is 85.5 Å². The van der Waals surface area contributed by atoms with E-state index in [9.17, 15) is 43.8 Å². The quantitative estimate of drug-likeness (QED) is 0.0166. The molecule has 0 aliphatic rings. The molecule has 0 fully saturated rings. The minimum Gasteiger partial charge on any atom is -0.463 e. The van der Waals surface area contributed by atoms with Crippen molar-refractivity contribution in [2.24, 2.45) is 0 Å². The van der Waals surface area contributed by atoms with Crippen LogP contribution in [0.4, 0.5) is 0 Å². The number of aliphatic hydroxyl groups is 3. The summed E-state index contributed by atoms with van der Waals surface area (Å²) < 4.78 is 52.9. The number of aliphatic hydroxyl groups excluding tert-OH is 3. The third kappa shape index (κ3) is 46.8. The second-order valence-corrected chi connectivity index (χ2v) is 17.5. The van der Waals surface area contributed by atoms with E-state index in [2.05, 4.69) is 44.1 Å². The number of hydrogen-bond donors (Lipinski definition) is 5. The molecule has 0 aromatic heterocycles. The van der Waals surface area contributed by atoms with Crippen molar-refractivity contribution in [3.05, 3.63) is 158 Å². The van der Waals surface area contributed by atoms with Gasteiger partial charge in [-0.2, -0.15) is 0 Å². The molecule has 0 heterocycles. The summed E-state index contributed by atoms with van der Waals surface area (Å²) in [6.07, 6.45) is 55.1. The highest BCUT2D eigenvalue weighted by molar-refractivity contribution is 7.47. The predicted molar refractivity (Wildman–Crippen MR) is 269 cm³/mol. The van der Waals surface area contributed by atoms with E-state index in [1.54, 1.807) is 0 Å². The minimum absolute atomic E-state index is 0.133. The molecule has 5 N–H and O–H groups in total. The lowest BCUT2D eigenvalue weighted by Crippen LogP contribution is -2.25. The molecule has 15 nitrogen and oxygen atoms in total. The third-order valence-corrected chi connectivity index (χ3v) is 10.2. The van der Waals surface area contributed by atoms with Crippen molar-refractivity contribution in [2.45, 2.75) is 109 Å². The zero-order valence-corrected chi connectivity index (χ0v) is 41.5. The molecule has 0 amide bonds. The molecule has 0 bridgehead atoms. The molecule has 0 saturated carbocycles. The van der Waals surface area contributed by atoms with Gasteiger partial charge in [0.05, 0.1) is 26.4 Å². The van der Waals surface area contributed by atoms with Crippen molar-refractivity contribution in [1.82, 2.24) is 0 Å². The van der Waals surface area contributed by atoms with Crippen LogP contribution in [-0.4, -0.2) is 95.0 Å². The van der Waals surface area contributed by atoms with Crippen LogP contribution in [0.2, 0.25) is 0 Å². The molecule has 5 atom stereocenters. The van der Waals surface area contributed by atoms with E-state index in [-0.39, 0.29) is 12.8 Å². The Balaban J connectivity index is 4.06. The molecule has 0 rings (SSSR count). The average molecular weight is 991 g/mol. The van der Waals surface area contributed by atoms with Crippen molar-refractivity contribution in [3.63, 3.8) is 0 Å². The number of phosphoric ester groups is 2. The maximum Gasteiger partial charge on any atom is 0.472 e. The van der Waals surface area contributed by atoms with Gasteiger partial charge in [-0.3, -0.25) is 27.7 Å². The Bertz CT molecular complexity index is 1820. The molecule has 0 aromatic rings. The first-order valence-electron chi connectivity index (χ1n) is 23.0. The van der Waals surface area contributed by atoms with Crippen LogP contribution in [0.5, 0.6) is 0 Å². The molecule has 0 saturated heterocycles.